The van der Waals surface area contributed by atoms with Crippen LogP contribution in [0.25, 0.3) is 0 Å². The number of methoxy groups -OCH3 is 1. The maximum Gasteiger partial charge on any atom is 0.250 e. The predicted octanol–water partition coefficient (Wildman–Crippen LogP) is 1.75. The number of amides is 3. The fraction of sp³-hybridized carbons (Fsp3) is 0.550. The second-order valence-corrected chi connectivity index (χ2v) is 8.59. The van der Waals surface area contributed by atoms with Gasteiger partial charge in [-0.3, -0.25) is 24.6 Å². The lowest BCUT2D eigenvalue weighted by molar-refractivity contribution is -0.143. The Morgan fingerprint density at radius 2 is 2.00 bits per heavy atom. The number of ether oxygens (including phenoxy) is 1. The Morgan fingerprint density at radius 1 is 1.25 bits per heavy atom. The van der Waals surface area contributed by atoms with Crippen LogP contribution in [0.15, 0.2) is 18.2 Å². The molecule has 2 N–H and O–H groups in total. The Bertz CT molecular complexity index is 858. The molecule has 1 aromatic rings. The third-order valence-electron chi connectivity index (χ3n) is 6.01. The number of benzene rings is 1. The van der Waals surface area contributed by atoms with Crippen molar-refractivity contribution in [3.05, 3.63) is 28.8 Å². The molecule has 0 aliphatic carbocycles. The number of halogens is 1. The van der Waals surface area contributed by atoms with Gasteiger partial charge in [0.25, 0.3) is 0 Å². The van der Waals surface area contributed by atoms with E-state index in [2.05, 4.69) is 24.5 Å². The summed E-state index contributed by atoms with van der Waals surface area (Å²) < 4.78 is 5.07. The highest BCUT2D eigenvalue weighted by Gasteiger charge is 2.70. The zero-order chi connectivity index (χ0) is 20.2. The lowest BCUT2D eigenvalue weighted by Crippen LogP contribution is -2.53. The monoisotopic (exact) mass is 405 g/mol. The quantitative estimate of drug-likeness (QED) is 0.729. The van der Waals surface area contributed by atoms with Crippen LogP contribution in [0.5, 0.6) is 0 Å². The molecule has 0 radical (unpaired) electrons. The van der Waals surface area contributed by atoms with Gasteiger partial charge in [0.1, 0.15) is 5.54 Å². The Labute approximate surface area is 168 Å². The maximum absolute atomic E-state index is 13.3. The van der Waals surface area contributed by atoms with E-state index in [1.807, 2.05) is 0 Å². The highest BCUT2D eigenvalue weighted by Crippen LogP contribution is 2.54. The van der Waals surface area contributed by atoms with Crippen LogP contribution in [0.3, 0.4) is 0 Å². The summed E-state index contributed by atoms with van der Waals surface area (Å²) in [6.45, 7) is 4.58. The van der Waals surface area contributed by atoms with Crippen molar-refractivity contribution in [3.8, 4) is 0 Å². The second kappa shape index (κ2) is 6.83. The fourth-order valence-electron chi connectivity index (χ4n) is 4.95. The van der Waals surface area contributed by atoms with Crippen molar-refractivity contribution in [3.63, 3.8) is 0 Å². The zero-order valence-corrected chi connectivity index (χ0v) is 16.9. The summed E-state index contributed by atoms with van der Waals surface area (Å²) >= 11 is 6.21. The van der Waals surface area contributed by atoms with E-state index < -0.39 is 17.4 Å². The molecule has 7 nitrogen and oxygen atoms in total. The van der Waals surface area contributed by atoms with Gasteiger partial charge in [0, 0.05) is 29.4 Å². The van der Waals surface area contributed by atoms with Crippen LogP contribution in [-0.4, -0.2) is 48.9 Å². The van der Waals surface area contributed by atoms with Crippen molar-refractivity contribution in [2.24, 2.45) is 17.8 Å². The molecule has 2 saturated heterocycles. The summed E-state index contributed by atoms with van der Waals surface area (Å²) in [6, 6.07) is 4.88. The molecule has 150 valence electrons. The first-order chi connectivity index (χ1) is 13.3. The van der Waals surface area contributed by atoms with Crippen LogP contribution in [0.1, 0.15) is 25.8 Å². The third kappa shape index (κ3) is 2.60. The minimum absolute atomic E-state index is 0.190. The molecule has 0 saturated carbocycles. The molecule has 4 atom stereocenters. The van der Waals surface area contributed by atoms with Gasteiger partial charge in [0.05, 0.1) is 25.0 Å². The number of anilines is 1. The molecule has 2 fully saturated rings. The van der Waals surface area contributed by atoms with Crippen LogP contribution in [0.4, 0.5) is 5.69 Å². The lowest BCUT2D eigenvalue weighted by Gasteiger charge is -2.30. The van der Waals surface area contributed by atoms with E-state index in [4.69, 9.17) is 16.3 Å². The SMILES string of the molecule is COCCN1C(=O)[C@H]2[C@@H](C1=O)[C@@]1(N[C@@H]2CC(C)C)C(=O)Nc2ccc(Cl)cc21. The fourth-order valence-corrected chi connectivity index (χ4v) is 5.12. The number of hydrogen-bond acceptors (Lipinski definition) is 5. The van der Waals surface area contributed by atoms with Gasteiger partial charge in [-0.2, -0.15) is 0 Å². The first kappa shape index (κ1) is 19.4. The second-order valence-electron chi connectivity index (χ2n) is 8.16. The number of imide groups is 1. The number of carbonyl (C=O) groups excluding carboxylic acids is 3. The van der Waals surface area contributed by atoms with Gasteiger partial charge in [0.15, 0.2) is 0 Å². The summed E-state index contributed by atoms with van der Waals surface area (Å²) in [4.78, 5) is 40.9. The van der Waals surface area contributed by atoms with Gasteiger partial charge in [0.2, 0.25) is 17.7 Å². The highest BCUT2D eigenvalue weighted by molar-refractivity contribution is 6.31. The molecule has 0 unspecified atom stereocenters. The van der Waals surface area contributed by atoms with Gasteiger partial charge in [-0.05, 0) is 30.5 Å². The van der Waals surface area contributed by atoms with E-state index in [0.717, 1.165) is 0 Å². The molecule has 3 aliphatic heterocycles. The van der Waals surface area contributed by atoms with Crippen molar-refractivity contribution in [1.29, 1.82) is 0 Å². The van der Waals surface area contributed by atoms with Crippen LogP contribution in [-0.2, 0) is 24.7 Å². The Morgan fingerprint density at radius 3 is 2.68 bits per heavy atom. The zero-order valence-electron chi connectivity index (χ0n) is 16.1. The molecule has 8 heteroatoms. The molecule has 1 aromatic carbocycles. The van der Waals surface area contributed by atoms with Gasteiger partial charge in [-0.25, -0.2) is 0 Å². The van der Waals surface area contributed by atoms with E-state index in [1.54, 1.807) is 18.2 Å². The summed E-state index contributed by atoms with van der Waals surface area (Å²) in [6.07, 6.45) is 0.684. The number of rotatable bonds is 5. The number of carbonyl (C=O) groups is 3. The van der Waals surface area contributed by atoms with Crippen molar-refractivity contribution >= 4 is 35.0 Å². The van der Waals surface area contributed by atoms with Gasteiger partial charge >= 0.3 is 0 Å². The molecule has 3 heterocycles. The molecule has 3 aliphatic rings. The van der Waals surface area contributed by atoms with Crippen molar-refractivity contribution in [2.45, 2.75) is 31.8 Å². The van der Waals surface area contributed by atoms with Crippen molar-refractivity contribution in [1.82, 2.24) is 10.2 Å². The Kier molecular flexibility index (Phi) is 4.72. The van der Waals surface area contributed by atoms with Crippen LogP contribution < -0.4 is 10.6 Å². The smallest absolute Gasteiger partial charge is 0.250 e. The lowest BCUT2D eigenvalue weighted by atomic mass is 9.76. The van der Waals surface area contributed by atoms with E-state index in [1.165, 1.54) is 12.0 Å². The van der Waals surface area contributed by atoms with Crippen LogP contribution in [0, 0.1) is 17.8 Å². The normalized spacial score (nSPS) is 31.1. The summed E-state index contributed by atoms with van der Waals surface area (Å²) in [5.41, 5.74) is -0.0126. The largest absolute Gasteiger partial charge is 0.383 e. The summed E-state index contributed by atoms with van der Waals surface area (Å²) in [7, 11) is 1.53. The number of likely N-dealkylation sites (tertiary alicyclic amines) is 1. The van der Waals surface area contributed by atoms with E-state index in [9.17, 15) is 14.4 Å². The van der Waals surface area contributed by atoms with Gasteiger partial charge in [-0.1, -0.05) is 25.4 Å². The number of nitrogens with zero attached hydrogens (tertiary/aromatic N) is 1. The van der Waals surface area contributed by atoms with Crippen molar-refractivity contribution in [2.75, 3.05) is 25.6 Å². The Balaban J connectivity index is 1.84. The van der Waals surface area contributed by atoms with Gasteiger partial charge < -0.3 is 10.1 Å². The molecular formula is C20H24ClN3O4. The Hall–Kier alpha value is -1.96. The van der Waals surface area contributed by atoms with Gasteiger partial charge in [-0.15, -0.1) is 0 Å². The molecule has 3 amide bonds. The number of fused-ring (bicyclic) bond motifs is 4. The third-order valence-corrected chi connectivity index (χ3v) is 6.25. The van der Waals surface area contributed by atoms with E-state index in [-0.39, 0.29) is 36.9 Å². The van der Waals surface area contributed by atoms with E-state index in [0.29, 0.717) is 28.6 Å². The maximum atomic E-state index is 13.3. The molecule has 4 rings (SSSR count). The standard InChI is InChI=1S/C20H24ClN3O4/c1-10(2)8-14-15-16(18(26)24(17(15)25)6-7-28-3)20(23-14)12-9-11(21)4-5-13(12)22-19(20)27/h4-5,9-10,14-16,23H,6-8H2,1-3H3,(H,22,27)/t14-,15-,16+,20-/m1/s1. The minimum atomic E-state index is -1.28. The first-order valence-electron chi connectivity index (χ1n) is 9.54. The molecule has 1 spiro atoms. The highest BCUT2D eigenvalue weighted by atomic mass is 35.5. The average molecular weight is 406 g/mol. The van der Waals surface area contributed by atoms with E-state index >= 15 is 0 Å². The molecule has 28 heavy (non-hydrogen) atoms. The summed E-state index contributed by atoms with van der Waals surface area (Å²) in [5, 5.41) is 6.75. The molecule has 0 aromatic heterocycles. The predicted molar refractivity (Wildman–Crippen MR) is 104 cm³/mol. The van der Waals surface area contributed by atoms with Crippen LogP contribution >= 0.6 is 11.6 Å². The topological polar surface area (TPSA) is 87.7 Å². The molecule has 0 bridgehead atoms. The first-order valence-corrected chi connectivity index (χ1v) is 9.92. The average Bonchev–Trinajstić information content (AvgIpc) is 3.19. The molecular weight excluding hydrogens is 382 g/mol. The summed E-state index contributed by atoms with van der Waals surface area (Å²) in [5.74, 6) is -1.94. The minimum Gasteiger partial charge on any atom is -0.383 e. The van der Waals surface area contributed by atoms with Crippen LogP contribution in [0.2, 0.25) is 5.02 Å². The van der Waals surface area contributed by atoms with Crippen molar-refractivity contribution < 1.29 is 19.1 Å². The number of nitrogens with one attached hydrogen (secondary N) is 2. The number of hydrogen-bond donors (Lipinski definition) is 2.